The summed E-state index contributed by atoms with van der Waals surface area (Å²) >= 11 is 11.8. The molecule has 1 heterocycles. The van der Waals surface area contributed by atoms with Crippen LogP contribution in [-0.2, 0) is 6.42 Å². The largest absolute Gasteiger partial charge is 0.459 e. The van der Waals surface area contributed by atoms with Crippen molar-refractivity contribution < 1.29 is 4.42 Å². The van der Waals surface area contributed by atoms with E-state index in [-0.39, 0.29) is 6.04 Å². The lowest BCUT2D eigenvalue weighted by atomic mass is 10.0. The molecule has 0 amide bonds. The Labute approximate surface area is 127 Å². The highest BCUT2D eigenvalue weighted by molar-refractivity contribution is 6.31. The van der Waals surface area contributed by atoms with Crippen molar-refractivity contribution in [3.63, 3.8) is 0 Å². The van der Waals surface area contributed by atoms with Crippen LogP contribution in [0.4, 0.5) is 0 Å². The molecule has 4 heteroatoms. The number of hydrogen-bond donors (Lipinski definition) is 1. The van der Waals surface area contributed by atoms with Gasteiger partial charge in [0.2, 0.25) is 0 Å². The monoisotopic (exact) mass is 305 g/mol. The van der Waals surface area contributed by atoms with Crippen LogP contribution in [0.25, 0.3) is 11.0 Å². The van der Waals surface area contributed by atoms with Gasteiger partial charge in [0.05, 0.1) is 6.04 Å². The van der Waals surface area contributed by atoms with Gasteiger partial charge in [-0.05, 0) is 48.4 Å². The summed E-state index contributed by atoms with van der Waals surface area (Å²) in [7, 11) is 0. The van der Waals surface area contributed by atoms with Gasteiger partial charge in [0.25, 0.3) is 0 Å². The lowest BCUT2D eigenvalue weighted by Crippen LogP contribution is -2.12. The Morgan fingerprint density at radius 1 is 0.950 bits per heavy atom. The van der Waals surface area contributed by atoms with Crippen molar-refractivity contribution in [3.8, 4) is 0 Å². The average Bonchev–Trinajstić information content (AvgIpc) is 2.84. The second kappa shape index (κ2) is 5.49. The minimum Gasteiger partial charge on any atom is -0.459 e. The van der Waals surface area contributed by atoms with Gasteiger partial charge in [-0.25, -0.2) is 0 Å². The fourth-order valence-electron chi connectivity index (χ4n) is 2.19. The molecule has 0 aliphatic carbocycles. The summed E-state index contributed by atoms with van der Waals surface area (Å²) in [6.45, 7) is 0. The van der Waals surface area contributed by atoms with E-state index in [1.807, 2.05) is 48.5 Å². The summed E-state index contributed by atoms with van der Waals surface area (Å²) < 4.78 is 5.77. The zero-order valence-corrected chi connectivity index (χ0v) is 12.2. The van der Waals surface area contributed by atoms with Crippen molar-refractivity contribution in [2.24, 2.45) is 5.73 Å². The van der Waals surface area contributed by atoms with Crippen LogP contribution >= 0.6 is 23.2 Å². The van der Waals surface area contributed by atoms with E-state index in [1.54, 1.807) is 0 Å². The maximum Gasteiger partial charge on any atom is 0.134 e. The van der Waals surface area contributed by atoms with Gasteiger partial charge in [-0.2, -0.15) is 0 Å². The molecule has 0 spiro atoms. The first-order valence-corrected chi connectivity index (χ1v) is 7.06. The molecule has 1 aromatic heterocycles. The van der Waals surface area contributed by atoms with E-state index in [0.717, 1.165) is 27.3 Å². The smallest absolute Gasteiger partial charge is 0.134 e. The maximum atomic E-state index is 6.21. The van der Waals surface area contributed by atoms with Crippen molar-refractivity contribution in [1.82, 2.24) is 0 Å². The van der Waals surface area contributed by atoms with Gasteiger partial charge >= 0.3 is 0 Å². The predicted octanol–water partition coefficient (Wildman–Crippen LogP) is 4.98. The summed E-state index contributed by atoms with van der Waals surface area (Å²) in [4.78, 5) is 0. The summed E-state index contributed by atoms with van der Waals surface area (Å²) in [5.74, 6) is 0.761. The quantitative estimate of drug-likeness (QED) is 0.741. The number of halogens is 2. The van der Waals surface area contributed by atoms with E-state index < -0.39 is 0 Å². The van der Waals surface area contributed by atoms with Crippen LogP contribution in [0.2, 0.25) is 10.0 Å². The predicted molar refractivity (Wildman–Crippen MR) is 83.3 cm³/mol. The minimum absolute atomic E-state index is 0.192. The molecule has 0 radical (unpaired) electrons. The Hall–Kier alpha value is -1.48. The van der Waals surface area contributed by atoms with Crippen molar-refractivity contribution in [2.75, 3.05) is 0 Å². The molecular weight excluding hydrogens is 293 g/mol. The van der Waals surface area contributed by atoms with Crippen LogP contribution in [0.1, 0.15) is 17.4 Å². The van der Waals surface area contributed by atoms with E-state index in [9.17, 15) is 0 Å². The SMILES string of the molecule is NC(Cc1ccc(Cl)cc1)c1cc2cc(Cl)ccc2o1. The fourth-order valence-corrected chi connectivity index (χ4v) is 2.50. The average molecular weight is 306 g/mol. The van der Waals surface area contributed by atoms with Crippen LogP contribution in [0.15, 0.2) is 52.9 Å². The van der Waals surface area contributed by atoms with Gasteiger partial charge in [0.15, 0.2) is 0 Å². The highest BCUT2D eigenvalue weighted by Crippen LogP contribution is 2.27. The Morgan fingerprint density at radius 3 is 2.40 bits per heavy atom. The second-order valence-corrected chi connectivity index (χ2v) is 5.64. The molecule has 0 aliphatic heterocycles. The van der Waals surface area contributed by atoms with Gasteiger partial charge in [-0.1, -0.05) is 35.3 Å². The molecule has 1 atom stereocenters. The highest BCUT2D eigenvalue weighted by atomic mass is 35.5. The summed E-state index contributed by atoms with van der Waals surface area (Å²) in [5.41, 5.74) is 8.13. The van der Waals surface area contributed by atoms with Crippen molar-refractivity contribution in [1.29, 1.82) is 0 Å². The fraction of sp³-hybridized carbons (Fsp3) is 0.125. The van der Waals surface area contributed by atoms with Crippen LogP contribution in [-0.4, -0.2) is 0 Å². The zero-order chi connectivity index (χ0) is 14.1. The van der Waals surface area contributed by atoms with Crippen LogP contribution < -0.4 is 5.73 Å². The van der Waals surface area contributed by atoms with Crippen molar-refractivity contribution >= 4 is 34.2 Å². The Balaban J connectivity index is 1.84. The third-order valence-corrected chi connectivity index (χ3v) is 3.72. The number of benzene rings is 2. The van der Waals surface area contributed by atoms with Crippen LogP contribution in [0, 0.1) is 0 Å². The Kier molecular flexibility index (Phi) is 3.70. The third-order valence-electron chi connectivity index (χ3n) is 3.23. The third kappa shape index (κ3) is 2.83. The standard InChI is InChI=1S/C16H13Cl2NO/c17-12-3-1-10(2-4-12)7-14(19)16-9-11-8-13(18)5-6-15(11)20-16/h1-6,8-9,14H,7,19H2. The molecule has 20 heavy (non-hydrogen) atoms. The number of hydrogen-bond acceptors (Lipinski definition) is 2. The molecule has 0 fully saturated rings. The van der Waals surface area contributed by atoms with Gasteiger partial charge in [0, 0.05) is 15.4 Å². The van der Waals surface area contributed by atoms with E-state index in [2.05, 4.69) is 0 Å². The maximum absolute atomic E-state index is 6.21. The van der Waals surface area contributed by atoms with Gasteiger partial charge in [0.1, 0.15) is 11.3 Å². The minimum atomic E-state index is -0.192. The van der Waals surface area contributed by atoms with Crippen molar-refractivity contribution in [3.05, 3.63) is 69.9 Å². The number of rotatable bonds is 3. The molecule has 2 N–H and O–H groups in total. The highest BCUT2D eigenvalue weighted by Gasteiger charge is 2.13. The zero-order valence-electron chi connectivity index (χ0n) is 10.6. The normalized spacial score (nSPS) is 12.8. The molecule has 0 bridgehead atoms. The number of furan rings is 1. The molecule has 3 aromatic rings. The van der Waals surface area contributed by atoms with Crippen LogP contribution in [0.5, 0.6) is 0 Å². The first-order chi connectivity index (χ1) is 9.61. The first kappa shape index (κ1) is 13.5. The molecule has 2 nitrogen and oxygen atoms in total. The van der Waals surface area contributed by atoms with Crippen molar-refractivity contribution in [2.45, 2.75) is 12.5 Å². The Morgan fingerprint density at radius 2 is 1.65 bits per heavy atom. The molecule has 3 rings (SSSR count). The summed E-state index contributed by atoms with van der Waals surface area (Å²) in [6.07, 6.45) is 0.699. The number of nitrogens with two attached hydrogens (primary N) is 1. The molecule has 0 saturated carbocycles. The molecule has 102 valence electrons. The molecule has 0 saturated heterocycles. The number of fused-ring (bicyclic) bond motifs is 1. The van der Waals surface area contributed by atoms with E-state index in [1.165, 1.54) is 0 Å². The van der Waals surface area contributed by atoms with E-state index >= 15 is 0 Å². The molecular formula is C16H13Cl2NO. The lowest BCUT2D eigenvalue weighted by Gasteiger charge is -2.08. The Bertz CT molecular complexity index is 734. The topological polar surface area (TPSA) is 39.2 Å². The summed E-state index contributed by atoms with van der Waals surface area (Å²) in [5, 5.41) is 2.39. The summed E-state index contributed by atoms with van der Waals surface area (Å²) in [6, 6.07) is 15.0. The van der Waals surface area contributed by atoms with Gasteiger partial charge in [-0.15, -0.1) is 0 Å². The first-order valence-electron chi connectivity index (χ1n) is 6.31. The molecule has 0 aliphatic rings. The lowest BCUT2D eigenvalue weighted by molar-refractivity contribution is 0.494. The van der Waals surface area contributed by atoms with Gasteiger partial charge in [-0.3, -0.25) is 0 Å². The van der Waals surface area contributed by atoms with E-state index in [0.29, 0.717) is 11.4 Å². The molecule has 2 aromatic carbocycles. The van der Waals surface area contributed by atoms with E-state index in [4.69, 9.17) is 33.4 Å². The van der Waals surface area contributed by atoms with Crippen LogP contribution in [0.3, 0.4) is 0 Å². The second-order valence-electron chi connectivity index (χ2n) is 4.77. The van der Waals surface area contributed by atoms with Gasteiger partial charge < -0.3 is 10.2 Å². The molecule has 1 unspecified atom stereocenters.